The number of piperidine rings is 1. The fraction of sp³-hybridized carbons (Fsp3) is 0.611. The minimum Gasteiger partial charge on any atom is -0.396 e. The second-order valence-corrected chi connectivity index (χ2v) is 6.49. The molecule has 4 nitrogen and oxygen atoms in total. The predicted octanol–water partition coefficient (Wildman–Crippen LogP) is 2.18. The van der Waals surface area contributed by atoms with Crippen molar-refractivity contribution in [1.29, 1.82) is 0 Å². The van der Waals surface area contributed by atoms with Crippen molar-refractivity contribution in [1.82, 2.24) is 4.90 Å². The Bertz CT molecular complexity index is 503. The maximum atomic E-state index is 12.6. The van der Waals surface area contributed by atoms with Crippen LogP contribution in [-0.4, -0.2) is 49.3 Å². The normalized spacial score (nSPS) is 21.9. The minimum absolute atomic E-state index is 0.116. The van der Waals surface area contributed by atoms with E-state index in [2.05, 4.69) is 6.07 Å². The molecule has 1 atom stereocenters. The van der Waals surface area contributed by atoms with Gasteiger partial charge in [0.25, 0.3) is 0 Å². The fourth-order valence-corrected chi connectivity index (χ4v) is 3.26. The van der Waals surface area contributed by atoms with Crippen molar-refractivity contribution < 1.29 is 14.6 Å². The van der Waals surface area contributed by atoms with Crippen molar-refractivity contribution in [3.63, 3.8) is 0 Å². The number of hydrogen-bond acceptors (Lipinski definition) is 3. The number of amides is 1. The molecule has 1 saturated heterocycles. The van der Waals surface area contributed by atoms with E-state index >= 15 is 0 Å². The lowest BCUT2D eigenvalue weighted by Crippen LogP contribution is -2.48. The van der Waals surface area contributed by atoms with E-state index in [9.17, 15) is 9.90 Å². The van der Waals surface area contributed by atoms with Crippen LogP contribution in [0.3, 0.4) is 0 Å². The molecule has 1 N–H and O–H groups in total. The van der Waals surface area contributed by atoms with Crippen LogP contribution in [0.2, 0.25) is 0 Å². The molecule has 0 aromatic heterocycles. The Balaban J connectivity index is 2.00. The van der Waals surface area contributed by atoms with Crippen LogP contribution >= 0.6 is 0 Å². The van der Waals surface area contributed by atoms with E-state index in [-0.39, 0.29) is 17.9 Å². The van der Waals surface area contributed by atoms with Crippen molar-refractivity contribution in [2.24, 2.45) is 5.41 Å². The summed E-state index contributed by atoms with van der Waals surface area (Å²) < 4.78 is 5.16. The Morgan fingerprint density at radius 1 is 1.45 bits per heavy atom. The van der Waals surface area contributed by atoms with Crippen LogP contribution < -0.4 is 0 Å². The SMILES string of the molecule is COCC[C@]1(CO)CCCN(C(=O)Cc2cccc(C)c2)C1. The lowest BCUT2D eigenvalue weighted by atomic mass is 9.78. The molecular formula is C18H27NO3. The van der Waals surface area contributed by atoms with Gasteiger partial charge in [-0.05, 0) is 31.7 Å². The summed E-state index contributed by atoms with van der Waals surface area (Å²) in [5, 5.41) is 9.80. The van der Waals surface area contributed by atoms with Crippen LogP contribution in [0.1, 0.15) is 30.4 Å². The van der Waals surface area contributed by atoms with Gasteiger partial charge in [0.05, 0.1) is 13.0 Å². The van der Waals surface area contributed by atoms with Gasteiger partial charge in [-0.15, -0.1) is 0 Å². The van der Waals surface area contributed by atoms with Crippen molar-refractivity contribution in [2.75, 3.05) is 33.4 Å². The minimum atomic E-state index is -0.198. The molecule has 0 spiro atoms. The van der Waals surface area contributed by atoms with E-state index in [0.29, 0.717) is 19.6 Å². The third-order valence-corrected chi connectivity index (χ3v) is 4.62. The number of carbonyl (C=O) groups excluding carboxylic acids is 1. The summed E-state index contributed by atoms with van der Waals surface area (Å²) in [6, 6.07) is 8.09. The van der Waals surface area contributed by atoms with Gasteiger partial charge in [0.1, 0.15) is 0 Å². The first kappa shape index (κ1) is 17.0. The standard InChI is InChI=1S/C18H27NO3/c1-15-5-3-6-16(11-15)12-17(21)19-9-4-7-18(13-19,14-20)8-10-22-2/h3,5-6,11,20H,4,7-10,12-14H2,1-2H3/t18-/m1/s1. The first-order valence-electron chi connectivity index (χ1n) is 8.02. The number of aryl methyl sites for hydroxylation is 1. The second kappa shape index (κ2) is 7.75. The summed E-state index contributed by atoms with van der Waals surface area (Å²) in [4.78, 5) is 14.5. The van der Waals surface area contributed by atoms with Crippen LogP contribution in [0, 0.1) is 12.3 Å². The third-order valence-electron chi connectivity index (χ3n) is 4.62. The number of aliphatic hydroxyl groups is 1. The van der Waals surface area contributed by atoms with Crippen molar-refractivity contribution in [2.45, 2.75) is 32.6 Å². The third kappa shape index (κ3) is 4.31. The van der Waals surface area contributed by atoms with E-state index in [0.717, 1.165) is 31.4 Å². The zero-order valence-corrected chi connectivity index (χ0v) is 13.7. The van der Waals surface area contributed by atoms with Gasteiger partial charge in [-0.1, -0.05) is 29.8 Å². The van der Waals surface area contributed by atoms with Crippen LogP contribution in [-0.2, 0) is 16.0 Å². The molecule has 0 unspecified atom stereocenters. The first-order valence-corrected chi connectivity index (χ1v) is 8.02. The van der Waals surface area contributed by atoms with E-state index in [1.807, 2.05) is 30.0 Å². The molecule has 0 bridgehead atoms. The molecule has 1 aromatic carbocycles. The molecule has 1 fully saturated rings. The van der Waals surface area contributed by atoms with Gasteiger partial charge in [-0.3, -0.25) is 4.79 Å². The Morgan fingerprint density at radius 2 is 2.27 bits per heavy atom. The molecule has 1 aliphatic heterocycles. The van der Waals surface area contributed by atoms with Crippen LogP contribution in [0.15, 0.2) is 24.3 Å². The smallest absolute Gasteiger partial charge is 0.227 e. The molecule has 2 rings (SSSR count). The average molecular weight is 305 g/mol. The quantitative estimate of drug-likeness (QED) is 0.876. The highest BCUT2D eigenvalue weighted by Crippen LogP contribution is 2.33. The highest BCUT2D eigenvalue weighted by atomic mass is 16.5. The summed E-state index contributed by atoms with van der Waals surface area (Å²) in [7, 11) is 1.68. The zero-order chi connectivity index (χ0) is 16.0. The Hall–Kier alpha value is -1.39. The number of benzene rings is 1. The predicted molar refractivity (Wildman–Crippen MR) is 86.7 cm³/mol. The van der Waals surface area contributed by atoms with Crippen LogP contribution in [0.25, 0.3) is 0 Å². The van der Waals surface area contributed by atoms with Gasteiger partial charge in [0.2, 0.25) is 5.91 Å². The number of carbonyl (C=O) groups is 1. The molecule has 4 heteroatoms. The number of rotatable bonds is 6. The Labute approximate surface area is 133 Å². The number of likely N-dealkylation sites (tertiary alicyclic amines) is 1. The van der Waals surface area contributed by atoms with Crippen LogP contribution in [0.4, 0.5) is 0 Å². The maximum Gasteiger partial charge on any atom is 0.227 e. The molecule has 122 valence electrons. The molecule has 1 amide bonds. The van der Waals surface area contributed by atoms with E-state index < -0.39 is 0 Å². The zero-order valence-electron chi connectivity index (χ0n) is 13.7. The van der Waals surface area contributed by atoms with Crippen molar-refractivity contribution in [3.05, 3.63) is 35.4 Å². The molecule has 0 aliphatic carbocycles. The molecule has 22 heavy (non-hydrogen) atoms. The number of ether oxygens (including phenoxy) is 1. The van der Waals surface area contributed by atoms with Crippen molar-refractivity contribution in [3.8, 4) is 0 Å². The highest BCUT2D eigenvalue weighted by Gasteiger charge is 2.36. The summed E-state index contributed by atoms with van der Waals surface area (Å²) in [5.41, 5.74) is 2.03. The summed E-state index contributed by atoms with van der Waals surface area (Å²) in [5.74, 6) is 0.153. The molecular weight excluding hydrogens is 278 g/mol. The molecule has 1 aliphatic rings. The molecule has 1 aromatic rings. The number of methoxy groups -OCH3 is 1. The largest absolute Gasteiger partial charge is 0.396 e. The van der Waals surface area contributed by atoms with Gasteiger partial charge < -0.3 is 14.7 Å². The highest BCUT2D eigenvalue weighted by molar-refractivity contribution is 5.79. The van der Waals surface area contributed by atoms with Gasteiger partial charge in [0.15, 0.2) is 0 Å². The second-order valence-electron chi connectivity index (χ2n) is 6.49. The van der Waals surface area contributed by atoms with Gasteiger partial charge in [0, 0.05) is 32.2 Å². The first-order chi connectivity index (χ1) is 10.6. The summed E-state index contributed by atoms with van der Waals surface area (Å²) in [6.07, 6.45) is 3.15. The van der Waals surface area contributed by atoms with Crippen molar-refractivity contribution >= 4 is 5.91 Å². The molecule has 0 radical (unpaired) electrons. The lowest BCUT2D eigenvalue weighted by molar-refractivity contribution is -0.135. The van der Waals surface area contributed by atoms with E-state index in [4.69, 9.17) is 4.74 Å². The molecule has 1 heterocycles. The Morgan fingerprint density at radius 3 is 2.95 bits per heavy atom. The summed E-state index contributed by atoms with van der Waals surface area (Å²) in [6.45, 7) is 4.21. The number of aliphatic hydroxyl groups excluding tert-OH is 1. The maximum absolute atomic E-state index is 12.6. The van der Waals surface area contributed by atoms with Gasteiger partial charge in [-0.2, -0.15) is 0 Å². The summed E-state index contributed by atoms with van der Waals surface area (Å²) >= 11 is 0. The average Bonchev–Trinajstić information content (AvgIpc) is 2.53. The lowest BCUT2D eigenvalue weighted by Gasteiger charge is -2.42. The van der Waals surface area contributed by atoms with Gasteiger partial charge in [-0.25, -0.2) is 0 Å². The van der Waals surface area contributed by atoms with Gasteiger partial charge >= 0.3 is 0 Å². The molecule has 0 saturated carbocycles. The number of nitrogens with zero attached hydrogens (tertiary/aromatic N) is 1. The monoisotopic (exact) mass is 305 g/mol. The van der Waals surface area contributed by atoms with Crippen LogP contribution in [0.5, 0.6) is 0 Å². The topological polar surface area (TPSA) is 49.8 Å². The number of hydrogen-bond donors (Lipinski definition) is 1. The van der Waals surface area contributed by atoms with E-state index in [1.165, 1.54) is 5.56 Å². The van der Waals surface area contributed by atoms with E-state index in [1.54, 1.807) is 7.11 Å². The fourth-order valence-electron chi connectivity index (χ4n) is 3.26. The Kier molecular flexibility index (Phi) is 5.98.